The van der Waals surface area contributed by atoms with Crippen molar-refractivity contribution in [3.05, 3.63) is 61.5 Å². The number of carbonyl (C=O) groups is 2. The summed E-state index contributed by atoms with van der Waals surface area (Å²) in [6.07, 6.45) is 0. The van der Waals surface area contributed by atoms with E-state index >= 15 is 0 Å². The fourth-order valence-corrected chi connectivity index (χ4v) is 3.75. The molecule has 0 aliphatic heterocycles. The molecule has 0 saturated heterocycles. The zero-order valence-electron chi connectivity index (χ0n) is 16.7. The third-order valence-electron chi connectivity index (χ3n) is 4.18. The summed E-state index contributed by atoms with van der Waals surface area (Å²) in [4.78, 5) is 27.0. The molecule has 2 aromatic carbocycles. The van der Waals surface area contributed by atoms with Gasteiger partial charge in [0.25, 0.3) is 5.91 Å². The van der Waals surface area contributed by atoms with Crippen molar-refractivity contribution in [2.45, 2.75) is 39.4 Å². The van der Waals surface area contributed by atoms with E-state index in [-0.39, 0.29) is 31.0 Å². The second kappa shape index (κ2) is 11.2. The van der Waals surface area contributed by atoms with Crippen LogP contribution in [0.3, 0.4) is 0 Å². The monoisotopic (exact) mass is 534 g/mol. The van der Waals surface area contributed by atoms with E-state index in [0.717, 1.165) is 5.56 Å². The molecule has 1 atom stereocenters. The first-order chi connectivity index (χ1) is 14.1. The van der Waals surface area contributed by atoms with Crippen LogP contribution in [0.4, 0.5) is 0 Å². The molecule has 0 aliphatic rings. The SMILES string of the molecule is CC(C)NC(=O)[C@H](C)N(Cc1ccc(Cl)c(Cl)c1)C(=O)COc1ccc(Cl)cc1Br. The zero-order valence-corrected chi connectivity index (χ0v) is 20.6. The average Bonchev–Trinajstić information content (AvgIpc) is 2.66. The van der Waals surface area contributed by atoms with Crippen LogP contribution in [0.2, 0.25) is 15.1 Å². The molecule has 5 nitrogen and oxygen atoms in total. The van der Waals surface area contributed by atoms with E-state index in [9.17, 15) is 9.59 Å². The summed E-state index contributed by atoms with van der Waals surface area (Å²) in [5.74, 6) is -0.137. The predicted molar refractivity (Wildman–Crippen MR) is 124 cm³/mol. The number of rotatable bonds is 8. The lowest BCUT2D eigenvalue weighted by Gasteiger charge is -2.29. The molecule has 162 valence electrons. The highest BCUT2D eigenvalue weighted by molar-refractivity contribution is 9.10. The van der Waals surface area contributed by atoms with Crippen LogP contribution in [-0.4, -0.2) is 35.4 Å². The van der Waals surface area contributed by atoms with Crippen molar-refractivity contribution in [1.82, 2.24) is 10.2 Å². The summed E-state index contributed by atoms with van der Waals surface area (Å²) in [5, 5.41) is 4.17. The maximum Gasteiger partial charge on any atom is 0.261 e. The number of hydrogen-bond donors (Lipinski definition) is 1. The molecule has 2 amide bonds. The number of halogens is 4. The minimum atomic E-state index is -0.716. The van der Waals surface area contributed by atoms with E-state index in [1.54, 1.807) is 43.3 Å². The number of amides is 2. The van der Waals surface area contributed by atoms with Gasteiger partial charge in [-0.2, -0.15) is 0 Å². The fraction of sp³-hybridized carbons (Fsp3) is 0.333. The minimum absolute atomic E-state index is 0.0526. The van der Waals surface area contributed by atoms with Gasteiger partial charge in [0.2, 0.25) is 5.91 Å². The molecule has 0 spiro atoms. The van der Waals surface area contributed by atoms with Gasteiger partial charge >= 0.3 is 0 Å². The van der Waals surface area contributed by atoms with Crippen LogP contribution < -0.4 is 10.1 Å². The Labute approximate surface area is 199 Å². The lowest BCUT2D eigenvalue weighted by molar-refractivity contribution is -0.142. The van der Waals surface area contributed by atoms with Gasteiger partial charge in [-0.3, -0.25) is 9.59 Å². The van der Waals surface area contributed by atoms with Crippen LogP contribution in [0.5, 0.6) is 5.75 Å². The Bertz CT molecular complexity index is 924. The van der Waals surface area contributed by atoms with Gasteiger partial charge in [0.05, 0.1) is 14.5 Å². The quantitative estimate of drug-likeness (QED) is 0.469. The van der Waals surface area contributed by atoms with Crippen LogP contribution in [0.25, 0.3) is 0 Å². The Balaban J connectivity index is 2.20. The molecule has 0 unspecified atom stereocenters. The van der Waals surface area contributed by atoms with Crippen LogP contribution in [0, 0.1) is 0 Å². The van der Waals surface area contributed by atoms with E-state index in [2.05, 4.69) is 21.2 Å². The van der Waals surface area contributed by atoms with Gasteiger partial charge in [-0.05, 0) is 72.6 Å². The zero-order chi connectivity index (χ0) is 22.4. The number of nitrogens with one attached hydrogen (secondary N) is 1. The predicted octanol–water partition coefficient (Wildman–Crippen LogP) is 5.73. The van der Waals surface area contributed by atoms with E-state index < -0.39 is 6.04 Å². The van der Waals surface area contributed by atoms with Crippen LogP contribution in [-0.2, 0) is 16.1 Å². The topological polar surface area (TPSA) is 58.6 Å². The molecule has 0 aromatic heterocycles. The summed E-state index contributed by atoms with van der Waals surface area (Å²) in [6, 6.07) is 9.33. The third kappa shape index (κ3) is 7.05. The van der Waals surface area contributed by atoms with Crippen molar-refractivity contribution in [2.75, 3.05) is 6.61 Å². The number of nitrogens with zero attached hydrogens (tertiary/aromatic N) is 1. The molecule has 0 saturated carbocycles. The summed E-state index contributed by atoms with van der Waals surface area (Å²) >= 11 is 21.4. The molecule has 0 bridgehead atoms. The normalized spacial score (nSPS) is 11.9. The lowest BCUT2D eigenvalue weighted by Crippen LogP contribution is -2.50. The highest BCUT2D eigenvalue weighted by atomic mass is 79.9. The second-order valence-electron chi connectivity index (χ2n) is 6.97. The van der Waals surface area contributed by atoms with Crippen molar-refractivity contribution in [3.8, 4) is 5.75 Å². The average molecular weight is 537 g/mol. The minimum Gasteiger partial charge on any atom is -0.483 e. The van der Waals surface area contributed by atoms with E-state index in [4.69, 9.17) is 39.5 Å². The molecule has 2 rings (SSSR count). The molecule has 1 N–H and O–H groups in total. The molecule has 9 heteroatoms. The Hall–Kier alpha value is -1.47. The van der Waals surface area contributed by atoms with E-state index in [1.807, 2.05) is 13.8 Å². The van der Waals surface area contributed by atoms with Crippen molar-refractivity contribution in [2.24, 2.45) is 0 Å². The fourth-order valence-electron chi connectivity index (χ4n) is 2.64. The van der Waals surface area contributed by atoms with Gasteiger partial charge in [0, 0.05) is 17.6 Å². The maximum absolute atomic E-state index is 13.0. The Morgan fingerprint density at radius 3 is 2.37 bits per heavy atom. The summed E-state index contributed by atoms with van der Waals surface area (Å²) in [5.41, 5.74) is 0.745. The largest absolute Gasteiger partial charge is 0.483 e. The Morgan fingerprint density at radius 2 is 1.77 bits per heavy atom. The van der Waals surface area contributed by atoms with Crippen molar-refractivity contribution in [1.29, 1.82) is 0 Å². The van der Waals surface area contributed by atoms with Crippen molar-refractivity contribution >= 4 is 62.5 Å². The first kappa shape index (κ1) is 24.8. The van der Waals surface area contributed by atoms with Crippen LogP contribution in [0.15, 0.2) is 40.9 Å². The van der Waals surface area contributed by atoms with E-state index in [0.29, 0.717) is 25.3 Å². The van der Waals surface area contributed by atoms with Crippen LogP contribution in [0.1, 0.15) is 26.3 Å². The van der Waals surface area contributed by atoms with Gasteiger partial charge in [-0.15, -0.1) is 0 Å². The molecule has 0 fully saturated rings. The van der Waals surface area contributed by atoms with Gasteiger partial charge in [-0.25, -0.2) is 0 Å². The summed E-state index contributed by atoms with van der Waals surface area (Å²) in [6.45, 7) is 5.31. The molecule has 0 aliphatic carbocycles. The maximum atomic E-state index is 13.0. The Kier molecular flexibility index (Phi) is 9.29. The van der Waals surface area contributed by atoms with Gasteiger partial charge in [0.15, 0.2) is 6.61 Å². The molecule has 0 radical (unpaired) electrons. The molecule has 0 heterocycles. The number of carbonyl (C=O) groups excluding carboxylic acids is 2. The Morgan fingerprint density at radius 1 is 1.07 bits per heavy atom. The molecular formula is C21H22BrCl3N2O3. The second-order valence-corrected chi connectivity index (χ2v) is 9.08. The highest BCUT2D eigenvalue weighted by Gasteiger charge is 2.27. The van der Waals surface area contributed by atoms with Crippen molar-refractivity contribution < 1.29 is 14.3 Å². The van der Waals surface area contributed by atoms with Gasteiger partial charge in [-0.1, -0.05) is 40.9 Å². The van der Waals surface area contributed by atoms with E-state index in [1.165, 1.54) is 4.90 Å². The highest BCUT2D eigenvalue weighted by Crippen LogP contribution is 2.28. The lowest BCUT2D eigenvalue weighted by atomic mass is 10.1. The van der Waals surface area contributed by atoms with Gasteiger partial charge < -0.3 is 15.0 Å². The summed E-state index contributed by atoms with van der Waals surface area (Å²) < 4.78 is 6.28. The third-order valence-corrected chi connectivity index (χ3v) is 5.77. The first-order valence-corrected chi connectivity index (χ1v) is 11.1. The molecular weight excluding hydrogens is 515 g/mol. The first-order valence-electron chi connectivity index (χ1n) is 9.20. The number of ether oxygens (including phenoxy) is 1. The number of hydrogen-bond acceptors (Lipinski definition) is 3. The smallest absolute Gasteiger partial charge is 0.261 e. The standard InChI is InChI=1S/C21H22BrCl3N2O3/c1-12(2)26-21(29)13(3)27(10-14-4-6-17(24)18(25)8-14)20(28)11-30-19-7-5-15(23)9-16(19)22/h4-9,12-13H,10-11H2,1-3H3,(H,26,29)/t13-/m0/s1. The van der Waals surface area contributed by atoms with Crippen molar-refractivity contribution in [3.63, 3.8) is 0 Å². The van der Waals surface area contributed by atoms with Gasteiger partial charge in [0.1, 0.15) is 11.8 Å². The van der Waals surface area contributed by atoms with Crippen LogP contribution >= 0.6 is 50.7 Å². The molecule has 30 heavy (non-hydrogen) atoms. The summed E-state index contributed by atoms with van der Waals surface area (Å²) in [7, 11) is 0. The molecule has 2 aromatic rings. The number of benzene rings is 2.